The van der Waals surface area contributed by atoms with Crippen molar-refractivity contribution in [3.63, 3.8) is 0 Å². The van der Waals surface area contributed by atoms with E-state index in [4.69, 9.17) is 0 Å². The highest BCUT2D eigenvalue weighted by Crippen LogP contribution is 2.33. The SMILES string of the molecule is O=C(NC1CCCCC1)N1CCSC(c2ccccc2)C1. The highest BCUT2D eigenvalue weighted by atomic mass is 32.2. The fourth-order valence-electron chi connectivity index (χ4n) is 3.22. The number of hydrogen-bond donors (Lipinski definition) is 1. The van der Waals surface area contributed by atoms with E-state index < -0.39 is 0 Å². The van der Waals surface area contributed by atoms with E-state index in [0.717, 1.165) is 31.7 Å². The second-order valence-corrected chi connectivity index (χ2v) is 7.31. The molecule has 2 amide bonds. The number of carbonyl (C=O) groups excluding carboxylic acids is 1. The summed E-state index contributed by atoms with van der Waals surface area (Å²) >= 11 is 1.96. The van der Waals surface area contributed by atoms with Gasteiger partial charge in [0, 0.05) is 30.1 Å². The predicted octanol–water partition coefficient (Wildman–Crippen LogP) is 3.82. The first-order valence-electron chi connectivity index (χ1n) is 8.05. The van der Waals surface area contributed by atoms with E-state index in [1.165, 1.54) is 24.8 Å². The Morgan fingerprint density at radius 2 is 1.90 bits per heavy atom. The van der Waals surface area contributed by atoms with Gasteiger partial charge >= 0.3 is 6.03 Å². The molecule has 0 aromatic heterocycles. The number of carbonyl (C=O) groups is 1. The number of thioether (sulfide) groups is 1. The molecule has 1 aromatic rings. The van der Waals surface area contributed by atoms with Crippen molar-refractivity contribution in [1.82, 2.24) is 10.2 Å². The van der Waals surface area contributed by atoms with Gasteiger partial charge in [0.15, 0.2) is 0 Å². The van der Waals surface area contributed by atoms with Crippen LogP contribution < -0.4 is 5.32 Å². The maximum absolute atomic E-state index is 12.4. The Hall–Kier alpha value is -1.16. The first-order valence-corrected chi connectivity index (χ1v) is 9.10. The van der Waals surface area contributed by atoms with Crippen LogP contribution in [-0.2, 0) is 0 Å². The largest absolute Gasteiger partial charge is 0.335 e. The molecule has 2 fully saturated rings. The summed E-state index contributed by atoms with van der Waals surface area (Å²) in [6.45, 7) is 1.69. The highest BCUT2D eigenvalue weighted by Gasteiger charge is 2.26. The lowest BCUT2D eigenvalue weighted by Crippen LogP contribution is -2.48. The van der Waals surface area contributed by atoms with Gasteiger partial charge in [0.05, 0.1) is 0 Å². The highest BCUT2D eigenvalue weighted by molar-refractivity contribution is 7.99. The van der Waals surface area contributed by atoms with Gasteiger partial charge in [-0.3, -0.25) is 0 Å². The van der Waals surface area contributed by atoms with Crippen molar-refractivity contribution in [1.29, 1.82) is 0 Å². The Morgan fingerprint density at radius 1 is 1.14 bits per heavy atom. The topological polar surface area (TPSA) is 32.3 Å². The van der Waals surface area contributed by atoms with Crippen molar-refractivity contribution in [2.24, 2.45) is 0 Å². The average molecular weight is 304 g/mol. The molecule has 4 heteroatoms. The third-order valence-electron chi connectivity index (χ3n) is 4.46. The summed E-state index contributed by atoms with van der Waals surface area (Å²) in [7, 11) is 0. The van der Waals surface area contributed by atoms with E-state index in [9.17, 15) is 4.79 Å². The molecule has 1 aromatic carbocycles. The number of rotatable bonds is 2. The molecule has 1 saturated carbocycles. The first-order chi connectivity index (χ1) is 10.3. The molecular weight excluding hydrogens is 280 g/mol. The molecule has 1 N–H and O–H groups in total. The minimum atomic E-state index is 0.142. The Labute approximate surface area is 131 Å². The summed E-state index contributed by atoms with van der Waals surface area (Å²) in [6.07, 6.45) is 6.14. The van der Waals surface area contributed by atoms with Gasteiger partial charge in [-0.25, -0.2) is 4.79 Å². The molecule has 3 rings (SSSR count). The monoisotopic (exact) mass is 304 g/mol. The van der Waals surface area contributed by atoms with Crippen molar-refractivity contribution >= 4 is 17.8 Å². The fraction of sp³-hybridized carbons (Fsp3) is 0.588. The number of hydrogen-bond acceptors (Lipinski definition) is 2. The second kappa shape index (κ2) is 7.21. The lowest BCUT2D eigenvalue weighted by Gasteiger charge is -2.34. The molecular formula is C17H24N2OS. The van der Waals surface area contributed by atoms with Gasteiger partial charge in [0.2, 0.25) is 0 Å². The smallest absolute Gasteiger partial charge is 0.317 e. The quantitative estimate of drug-likeness (QED) is 0.901. The zero-order chi connectivity index (χ0) is 14.5. The van der Waals surface area contributed by atoms with Crippen LogP contribution >= 0.6 is 11.8 Å². The van der Waals surface area contributed by atoms with Gasteiger partial charge < -0.3 is 10.2 Å². The zero-order valence-corrected chi connectivity index (χ0v) is 13.3. The van der Waals surface area contributed by atoms with Crippen LogP contribution in [0.25, 0.3) is 0 Å². The summed E-state index contributed by atoms with van der Waals surface area (Å²) in [4.78, 5) is 14.5. The number of nitrogens with one attached hydrogen (secondary N) is 1. The van der Waals surface area contributed by atoms with Crippen LogP contribution in [0, 0.1) is 0 Å². The second-order valence-electron chi connectivity index (χ2n) is 6.00. The van der Waals surface area contributed by atoms with Crippen molar-refractivity contribution in [3.8, 4) is 0 Å². The molecule has 0 radical (unpaired) electrons. The number of amides is 2. The molecule has 1 atom stereocenters. The van der Waals surface area contributed by atoms with E-state index in [-0.39, 0.29) is 6.03 Å². The van der Waals surface area contributed by atoms with Gasteiger partial charge in [-0.05, 0) is 18.4 Å². The molecule has 0 bridgehead atoms. The summed E-state index contributed by atoms with van der Waals surface area (Å²) in [5.41, 5.74) is 1.33. The maximum Gasteiger partial charge on any atom is 0.317 e. The standard InChI is InChI=1S/C17H24N2OS/c20-17(18-15-9-5-2-6-10-15)19-11-12-21-16(13-19)14-7-3-1-4-8-14/h1,3-4,7-8,15-16H,2,5-6,9-13H2,(H,18,20). The van der Waals surface area contributed by atoms with Crippen LogP contribution in [0.5, 0.6) is 0 Å². The van der Waals surface area contributed by atoms with E-state index in [2.05, 4.69) is 29.6 Å². The summed E-state index contributed by atoms with van der Waals surface area (Å²) in [6, 6.07) is 11.1. The summed E-state index contributed by atoms with van der Waals surface area (Å²) in [5.74, 6) is 1.03. The summed E-state index contributed by atoms with van der Waals surface area (Å²) in [5, 5.41) is 3.65. The van der Waals surface area contributed by atoms with Gasteiger partial charge in [0.25, 0.3) is 0 Å². The molecule has 1 heterocycles. The van der Waals surface area contributed by atoms with Crippen molar-refractivity contribution < 1.29 is 4.79 Å². The van der Waals surface area contributed by atoms with Crippen LogP contribution in [-0.4, -0.2) is 35.8 Å². The van der Waals surface area contributed by atoms with E-state index in [1.54, 1.807) is 0 Å². The first kappa shape index (κ1) is 14.8. The molecule has 1 unspecified atom stereocenters. The number of nitrogens with zero attached hydrogens (tertiary/aromatic N) is 1. The van der Waals surface area contributed by atoms with Crippen molar-refractivity contribution in [2.45, 2.75) is 43.4 Å². The lowest BCUT2D eigenvalue weighted by atomic mass is 9.96. The number of benzene rings is 1. The van der Waals surface area contributed by atoms with E-state index in [0.29, 0.717) is 11.3 Å². The lowest BCUT2D eigenvalue weighted by molar-refractivity contribution is 0.191. The summed E-state index contributed by atoms with van der Waals surface area (Å²) < 4.78 is 0. The Balaban J connectivity index is 1.56. The molecule has 114 valence electrons. The third kappa shape index (κ3) is 3.94. The van der Waals surface area contributed by atoms with Crippen LogP contribution in [0.2, 0.25) is 0 Å². The van der Waals surface area contributed by atoms with Crippen molar-refractivity contribution in [2.75, 3.05) is 18.8 Å². The molecule has 21 heavy (non-hydrogen) atoms. The van der Waals surface area contributed by atoms with Gasteiger partial charge in [-0.15, -0.1) is 0 Å². The minimum absolute atomic E-state index is 0.142. The average Bonchev–Trinajstić information content (AvgIpc) is 2.57. The van der Waals surface area contributed by atoms with Gasteiger partial charge in [0.1, 0.15) is 0 Å². The van der Waals surface area contributed by atoms with Crippen LogP contribution in [0.3, 0.4) is 0 Å². The Morgan fingerprint density at radius 3 is 2.67 bits per heavy atom. The molecule has 3 nitrogen and oxygen atoms in total. The van der Waals surface area contributed by atoms with E-state index in [1.807, 2.05) is 22.7 Å². The van der Waals surface area contributed by atoms with Gasteiger partial charge in [-0.2, -0.15) is 11.8 Å². The maximum atomic E-state index is 12.4. The molecule has 0 spiro atoms. The fourth-order valence-corrected chi connectivity index (χ4v) is 4.46. The van der Waals surface area contributed by atoms with E-state index >= 15 is 0 Å². The van der Waals surface area contributed by atoms with Crippen LogP contribution in [0.15, 0.2) is 30.3 Å². The van der Waals surface area contributed by atoms with Gasteiger partial charge in [-0.1, -0.05) is 49.6 Å². The molecule has 1 aliphatic heterocycles. The molecule has 2 aliphatic rings. The zero-order valence-electron chi connectivity index (χ0n) is 12.5. The van der Waals surface area contributed by atoms with Crippen LogP contribution in [0.1, 0.15) is 42.9 Å². The normalized spacial score (nSPS) is 23.8. The number of urea groups is 1. The Bertz CT molecular complexity index is 459. The third-order valence-corrected chi connectivity index (χ3v) is 5.70. The predicted molar refractivity (Wildman–Crippen MR) is 88.6 cm³/mol. The minimum Gasteiger partial charge on any atom is -0.335 e. The Kier molecular flexibility index (Phi) is 5.07. The molecule has 1 aliphatic carbocycles. The van der Waals surface area contributed by atoms with Crippen molar-refractivity contribution in [3.05, 3.63) is 35.9 Å². The van der Waals surface area contributed by atoms with Crippen LogP contribution in [0.4, 0.5) is 4.79 Å². The molecule has 1 saturated heterocycles.